The molecule has 47 heavy (non-hydrogen) atoms. The first kappa shape index (κ1) is 34.7. The molecular formula is C32H39N5O7S3. The third kappa shape index (κ3) is 10.4. The number of rotatable bonds is 16. The highest BCUT2D eigenvalue weighted by atomic mass is 32.2. The Hall–Kier alpha value is -3.63. The summed E-state index contributed by atoms with van der Waals surface area (Å²) < 4.78 is 63.3. The van der Waals surface area contributed by atoms with Crippen LogP contribution in [-0.4, -0.2) is 101 Å². The zero-order chi connectivity index (χ0) is 33.3. The van der Waals surface area contributed by atoms with Gasteiger partial charge < -0.3 is 19.8 Å². The maximum Gasteiger partial charge on any atom is 0.279 e. The zero-order valence-electron chi connectivity index (χ0n) is 26.1. The second kappa shape index (κ2) is 16.0. The Morgan fingerprint density at radius 1 is 1.06 bits per heavy atom. The van der Waals surface area contributed by atoms with Gasteiger partial charge in [0.15, 0.2) is 5.03 Å². The van der Waals surface area contributed by atoms with Crippen LogP contribution in [0, 0.1) is 0 Å². The highest BCUT2D eigenvalue weighted by molar-refractivity contribution is 7.99. The van der Waals surface area contributed by atoms with Crippen LogP contribution in [0.2, 0.25) is 0 Å². The molecule has 3 N–H and O–H groups in total. The van der Waals surface area contributed by atoms with Gasteiger partial charge in [-0.3, -0.25) is 14.4 Å². The van der Waals surface area contributed by atoms with Crippen LogP contribution in [0.4, 0.5) is 5.69 Å². The lowest BCUT2D eigenvalue weighted by atomic mass is 10.2. The number of nitrogens with one attached hydrogen (secondary N) is 3. The molecule has 1 unspecified atom stereocenters. The van der Waals surface area contributed by atoms with Crippen molar-refractivity contribution in [2.75, 3.05) is 62.7 Å². The summed E-state index contributed by atoms with van der Waals surface area (Å²) in [7, 11) is -7.23. The fourth-order valence-corrected chi connectivity index (χ4v) is 7.85. The van der Waals surface area contributed by atoms with Gasteiger partial charge in [-0.25, -0.2) is 13.4 Å². The lowest BCUT2D eigenvalue weighted by Crippen LogP contribution is -2.43. The maximum atomic E-state index is 13.5. The van der Waals surface area contributed by atoms with Gasteiger partial charge in [0.2, 0.25) is 0 Å². The number of H-pyrrole nitrogens is 1. The first-order chi connectivity index (χ1) is 22.6. The molecule has 0 saturated carbocycles. The lowest BCUT2D eigenvalue weighted by Gasteiger charge is -2.30. The van der Waals surface area contributed by atoms with E-state index >= 15 is 0 Å². The van der Waals surface area contributed by atoms with E-state index in [1.54, 1.807) is 36.0 Å². The van der Waals surface area contributed by atoms with Crippen molar-refractivity contribution in [1.29, 1.82) is 0 Å². The number of ether oxygens (including phenoxy) is 2. The van der Waals surface area contributed by atoms with Crippen LogP contribution < -0.4 is 14.8 Å². The summed E-state index contributed by atoms with van der Waals surface area (Å²) in [5.74, 6) is 0.755. The van der Waals surface area contributed by atoms with Gasteiger partial charge in [0, 0.05) is 61.1 Å². The summed E-state index contributed by atoms with van der Waals surface area (Å²) in [6.45, 7) is 4.39. The molecular weight excluding hydrogens is 663 g/mol. The number of aromatic amines is 1. The van der Waals surface area contributed by atoms with E-state index in [-0.39, 0.29) is 46.3 Å². The molecule has 252 valence electrons. The van der Waals surface area contributed by atoms with Gasteiger partial charge in [0.1, 0.15) is 21.3 Å². The van der Waals surface area contributed by atoms with Crippen molar-refractivity contribution in [1.82, 2.24) is 20.2 Å². The van der Waals surface area contributed by atoms with Gasteiger partial charge in [-0.05, 0) is 36.2 Å². The predicted molar refractivity (Wildman–Crippen MR) is 184 cm³/mol. The molecule has 1 saturated heterocycles. The van der Waals surface area contributed by atoms with Crippen molar-refractivity contribution in [3.8, 4) is 5.75 Å². The van der Waals surface area contributed by atoms with E-state index in [0.717, 1.165) is 31.6 Å². The Morgan fingerprint density at radius 3 is 2.55 bits per heavy atom. The number of carbonyl (C=O) groups excluding carboxylic acids is 1. The number of morpholine rings is 1. The summed E-state index contributed by atoms with van der Waals surface area (Å²) in [4.78, 5) is 22.9. The van der Waals surface area contributed by atoms with E-state index in [1.165, 1.54) is 23.9 Å². The number of sulfonamides is 1. The van der Waals surface area contributed by atoms with Crippen molar-refractivity contribution in [2.24, 2.45) is 0 Å². The Kier molecular flexibility index (Phi) is 11.8. The van der Waals surface area contributed by atoms with Crippen LogP contribution in [-0.2, 0) is 30.4 Å². The Balaban J connectivity index is 1.34. The number of carbonyl (C=O) groups is 1. The number of fused-ring (bicyclic) bond motifs is 1. The van der Waals surface area contributed by atoms with Crippen LogP contribution in [0.25, 0.3) is 10.9 Å². The van der Waals surface area contributed by atoms with Gasteiger partial charge >= 0.3 is 0 Å². The Morgan fingerprint density at radius 2 is 1.83 bits per heavy atom. The number of anilines is 1. The van der Waals surface area contributed by atoms with Gasteiger partial charge in [-0.2, -0.15) is 20.2 Å². The third-order valence-electron chi connectivity index (χ3n) is 7.42. The third-order valence-corrected chi connectivity index (χ3v) is 11.0. The van der Waals surface area contributed by atoms with Gasteiger partial charge in [0.25, 0.3) is 15.9 Å². The summed E-state index contributed by atoms with van der Waals surface area (Å²) in [5, 5.41) is 3.55. The van der Waals surface area contributed by atoms with Crippen molar-refractivity contribution in [2.45, 2.75) is 22.4 Å². The Labute approximate surface area is 279 Å². The highest BCUT2D eigenvalue weighted by Gasteiger charge is 2.22. The van der Waals surface area contributed by atoms with Crippen molar-refractivity contribution in [3.05, 3.63) is 84.2 Å². The topological polar surface area (TPSA) is 160 Å². The average molecular weight is 702 g/mol. The van der Waals surface area contributed by atoms with Crippen molar-refractivity contribution >= 4 is 54.1 Å². The second-order valence-electron chi connectivity index (χ2n) is 11.3. The molecule has 15 heteroatoms. The summed E-state index contributed by atoms with van der Waals surface area (Å²) in [6.07, 6.45) is 2.80. The van der Waals surface area contributed by atoms with E-state index in [9.17, 15) is 21.6 Å². The number of benzene rings is 2. The number of sulfone groups is 1. The van der Waals surface area contributed by atoms with Crippen molar-refractivity contribution in [3.63, 3.8) is 0 Å². The monoisotopic (exact) mass is 701 g/mol. The number of hydrogen-bond donors (Lipinski definition) is 3. The molecule has 0 spiro atoms. The first-order valence-electron chi connectivity index (χ1n) is 15.2. The molecule has 1 aliphatic rings. The van der Waals surface area contributed by atoms with Crippen LogP contribution in [0.15, 0.2) is 78.0 Å². The SMILES string of the molecule is CS(=O)(=O)CCCOc1cc(NS(=O)(=O)c2ccccn2)c2[nH]c(C(=O)NCC(CN3CCOCC3)SCc3ccccc3)cc2c1. The minimum Gasteiger partial charge on any atom is -0.493 e. The number of nitrogens with zero attached hydrogens (tertiary/aromatic N) is 2. The van der Waals surface area contributed by atoms with Crippen LogP contribution in [0.1, 0.15) is 22.5 Å². The number of aromatic nitrogens is 2. The zero-order valence-corrected chi connectivity index (χ0v) is 28.5. The van der Waals surface area contributed by atoms with E-state index in [4.69, 9.17) is 9.47 Å². The van der Waals surface area contributed by atoms with E-state index < -0.39 is 19.9 Å². The molecule has 1 aliphatic heterocycles. The van der Waals surface area contributed by atoms with Gasteiger partial charge in [-0.1, -0.05) is 36.4 Å². The minimum atomic E-state index is -4.07. The molecule has 12 nitrogen and oxygen atoms in total. The van der Waals surface area contributed by atoms with Gasteiger partial charge in [0.05, 0.1) is 36.8 Å². The molecule has 3 heterocycles. The Bertz CT molecular complexity index is 1850. The second-order valence-corrected chi connectivity index (χ2v) is 16.4. The van der Waals surface area contributed by atoms with Crippen LogP contribution in [0.5, 0.6) is 5.75 Å². The van der Waals surface area contributed by atoms with E-state index in [1.807, 2.05) is 18.2 Å². The number of amides is 1. The highest BCUT2D eigenvalue weighted by Crippen LogP contribution is 2.31. The lowest BCUT2D eigenvalue weighted by molar-refractivity contribution is 0.0381. The summed E-state index contributed by atoms with van der Waals surface area (Å²) >= 11 is 1.79. The molecule has 2 aromatic carbocycles. The fourth-order valence-electron chi connectivity index (χ4n) is 5.05. The van der Waals surface area contributed by atoms with Gasteiger partial charge in [-0.15, -0.1) is 0 Å². The molecule has 4 aromatic rings. The molecule has 1 amide bonds. The van der Waals surface area contributed by atoms with E-state index in [0.29, 0.717) is 36.4 Å². The standard InChI is InChI=1S/C32H39N5O7S3/c1-46(39,40)17-7-14-44-26-18-25-19-29(35-31(25)28(20-26)36-47(41,42)30-10-5-6-11-33-30)32(38)34-21-27(22-37-12-15-43-16-13-37)45-23-24-8-3-2-4-9-24/h2-6,8-11,18-20,27,35-36H,7,12-17,21-23H2,1H3,(H,34,38). The number of pyridine rings is 1. The van der Waals surface area contributed by atoms with E-state index in [2.05, 4.69) is 37.0 Å². The minimum absolute atomic E-state index is 0.0426. The quantitative estimate of drug-likeness (QED) is 0.148. The van der Waals surface area contributed by atoms with Crippen molar-refractivity contribution < 1.29 is 31.1 Å². The molecule has 0 radical (unpaired) electrons. The summed E-state index contributed by atoms with van der Waals surface area (Å²) in [5.41, 5.74) is 2.02. The largest absolute Gasteiger partial charge is 0.493 e. The number of hydrogen-bond acceptors (Lipinski definition) is 10. The smallest absolute Gasteiger partial charge is 0.279 e. The molecule has 1 fully saturated rings. The predicted octanol–water partition coefficient (Wildman–Crippen LogP) is 3.54. The average Bonchev–Trinajstić information content (AvgIpc) is 3.50. The fraction of sp³-hybridized carbons (Fsp3) is 0.375. The molecule has 5 rings (SSSR count). The first-order valence-corrected chi connectivity index (χ1v) is 19.8. The molecule has 2 aromatic heterocycles. The molecule has 0 aliphatic carbocycles. The molecule has 1 atom stereocenters. The molecule has 0 bridgehead atoms. The summed E-state index contributed by atoms with van der Waals surface area (Å²) in [6, 6.07) is 19.6. The number of thioether (sulfide) groups is 1. The maximum absolute atomic E-state index is 13.5. The van der Waals surface area contributed by atoms with Crippen LogP contribution >= 0.6 is 11.8 Å². The van der Waals surface area contributed by atoms with Crippen LogP contribution in [0.3, 0.4) is 0 Å². The normalized spacial score (nSPS) is 14.9.